The first kappa shape index (κ1) is 26.3. The lowest BCUT2D eigenvalue weighted by Crippen LogP contribution is -2.40. The summed E-state index contributed by atoms with van der Waals surface area (Å²) in [6.45, 7) is 7.28. The number of allylic oxidation sites excluding steroid dienone is 4. The van der Waals surface area contributed by atoms with E-state index in [-0.39, 0.29) is 18.4 Å². The van der Waals surface area contributed by atoms with Gasteiger partial charge in [-0.1, -0.05) is 51.0 Å². The highest BCUT2D eigenvalue weighted by Crippen LogP contribution is 1.96. The van der Waals surface area contributed by atoms with Crippen molar-refractivity contribution in [2.24, 2.45) is 0 Å². The van der Waals surface area contributed by atoms with Crippen molar-refractivity contribution in [3.8, 4) is 0 Å². The molecule has 6 nitrogen and oxygen atoms in total. The number of aliphatic hydroxyl groups excluding tert-OH is 1. The summed E-state index contributed by atoms with van der Waals surface area (Å²) < 4.78 is 0. The first-order valence-corrected chi connectivity index (χ1v) is 10.8. The Morgan fingerprint density at radius 1 is 0.750 bits per heavy atom. The molecule has 6 heteroatoms. The molecule has 0 saturated carbocycles. The van der Waals surface area contributed by atoms with Gasteiger partial charge in [0.1, 0.15) is 0 Å². The number of nitrogens with one attached hydrogen (secondary N) is 2. The molecule has 0 aromatic rings. The van der Waals surface area contributed by atoms with Crippen LogP contribution in [-0.4, -0.2) is 61.2 Å². The fraction of sp³-hybridized carbons (Fsp3) is 0.727. The highest BCUT2D eigenvalue weighted by molar-refractivity contribution is 5.76. The number of aliphatic hydroxyl groups is 1. The zero-order chi connectivity index (χ0) is 20.9. The van der Waals surface area contributed by atoms with Gasteiger partial charge < -0.3 is 15.7 Å². The number of rotatable bonds is 18. The van der Waals surface area contributed by atoms with Crippen LogP contribution in [-0.2, 0) is 9.59 Å². The number of nitrogens with zero attached hydrogens (tertiary/aromatic N) is 1. The molecule has 3 N–H and O–H groups in total. The molecule has 0 atom stereocenters. The van der Waals surface area contributed by atoms with Gasteiger partial charge in [0, 0.05) is 45.6 Å². The number of carbonyl (C=O) groups is 2. The van der Waals surface area contributed by atoms with E-state index in [0.717, 1.165) is 38.5 Å². The first-order valence-electron chi connectivity index (χ1n) is 10.8. The molecule has 0 fully saturated rings. The first-order chi connectivity index (χ1) is 13.6. The molecule has 0 aliphatic carbocycles. The van der Waals surface area contributed by atoms with E-state index in [1.807, 2.05) is 4.90 Å². The van der Waals surface area contributed by atoms with Crippen LogP contribution < -0.4 is 10.6 Å². The minimum absolute atomic E-state index is 0.0505. The molecule has 0 unspecified atom stereocenters. The lowest BCUT2D eigenvalue weighted by Gasteiger charge is -2.21. The molecule has 0 bridgehead atoms. The molecule has 0 rings (SSSR count). The minimum atomic E-state index is 0.0505. The summed E-state index contributed by atoms with van der Waals surface area (Å²) in [5.74, 6) is 0.101. The van der Waals surface area contributed by atoms with E-state index < -0.39 is 0 Å². The van der Waals surface area contributed by atoms with E-state index in [1.165, 1.54) is 0 Å². The highest BCUT2D eigenvalue weighted by Gasteiger charge is 2.07. The Morgan fingerprint density at radius 3 is 1.57 bits per heavy atom. The van der Waals surface area contributed by atoms with Crippen LogP contribution in [0.5, 0.6) is 0 Å². The van der Waals surface area contributed by atoms with Crippen molar-refractivity contribution < 1.29 is 14.7 Å². The van der Waals surface area contributed by atoms with Gasteiger partial charge in [-0.3, -0.25) is 14.5 Å². The molecule has 0 radical (unpaired) electrons. The molecule has 0 aliphatic heterocycles. The van der Waals surface area contributed by atoms with Gasteiger partial charge in [0.15, 0.2) is 0 Å². The van der Waals surface area contributed by atoms with Crippen molar-refractivity contribution in [2.45, 2.75) is 65.2 Å². The third-order valence-corrected chi connectivity index (χ3v) is 4.24. The van der Waals surface area contributed by atoms with E-state index in [9.17, 15) is 14.7 Å². The van der Waals surface area contributed by atoms with Gasteiger partial charge in [-0.05, 0) is 25.7 Å². The summed E-state index contributed by atoms with van der Waals surface area (Å²) in [4.78, 5) is 25.7. The standard InChI is InChI=1S/C22H41N3O3/c1-3-5-7-9-11-13-21(27)23-15-17-25(19-20-26)18-16-24-22(28)14-12-10-8-6-4-2/h7-10,26H,3-6,11-20H2,1-2H3,(H,23,27)(H,24,28)/b9-7+,10-8+. The topological polar surface area (TPSA) is 81.7 Å². The Balaban J connectivity index is 3.87. The minimum Gasteiger partial charge on any atom is -0.395 e. The van der Waals surface area contributed by atoms with E-state index in [0.29, 0.717) is 45.6 Å². The fourth-order valence-corrected chi connectivity index (χ4v) is 2.59. The van der Waals surface area contributed by atoms with E-state index >= 15 is 0 Å². The van der Waals surface area contributed by atoms with Crippen LogP contribution in [0.2, 0.25) is 0 Å². The van der Waals surface area contributed by atoms with Crippen LogP contribution in [0.15, 0.2) is 24.3 Å². The normalized spacial score (nSPS) is 11.6. The van der Waals surface area contributed by atoms with E-state index in [2.05, 4.69) is 48.8 Å². The maximum absolute atomic E-state index is 11.8. The third kappa shape index (κ3) is 17.7. The largest absolute Gasteiger partial charge is 0.395 e. The second-order valence-corrected chi connectivity index (χ2v) is 6.86. The zero-order valence-corrected chi connectivity index (χ0v) is 17.9. The van der Waals surface area contributed by atoms with Gasteiger partial charge in [-0.15, -0.1) is 0 Å². The number of carbonyl (C=O) groups excluding carboxylic acids is 2. The van der Waals surface area contributed by atoms with Crippen LogP contribution in [0.1, 0.15) is 65.2 Å². The number of hydrogen-bond acceptors (Lipinski definition) is 4. The van der Waals surface area contributed by atoms with Crippen molar-refractivity contribution in [1.82, 2.24) is 15.5 Å². The predicted molar refractivity (Wildman–Crippen MR) is 116 cm³/mol. The van der Waals surface area contributed by atoms with E-state index in [4.69, 9.17) is 0 Å². The Hall–Kier alpha value is -1.66. The van der Waals surface area contributed by atoms with Crippen molar-refractivity contribution >= 4 is 11.8 Å². The molecule has 0 spiro atoms. The van der Waals surface area contributed by atoms with Crippen LogP contribution in [0.3, 0.4) is 0 Å². The molecule has 0 saturated heterocycles. The second kappa shape index (κ2) is 20.1. The van der Waals surface area contributed by atoms with Crippen molar-refractivity contribution in [3.05, 3.63) is 24.3 Å². The summed E-state index contributed by atoms with van der Waals surface area (Å²) in [5.41, 5.74) is 0. The smallest absolute Gasteiger partial charge is 0.220 e. The molecule has 28 heavy (non-hydrogen) atoms. The predicted octanol–water partition coefficient (Wildman–Crippen LogP) is 2.79. The summed E-state index contributed by atoms with van der Waals surface area (Å²) in [5, 5.41) is 15.0. The maximum Gasteiger partial charge on any atom is 0.220 e. The zero-order valence-electron chi connectivity index (χ0n) is 17.9. The monoisotopic (exact) mass is 395 g/mol. The molecule has 0 heterocycles. The van der Waals surface area contributed by atoms with Crippen molar-refractivity contribution in [3.63, 3.8) is 0 Å². The molecule has 2 amide bonds. The van der Waals surface area contributed by atoms with Crippen LogP contribution in [0, 0.1) is 0 Å². The number of amides is 2. The summed E-state index contributed by atoms with van der Waals surface area (Å²) in [6, 6.07) is 0. The van der Waals surface area contributed by atoms with Crippen molar-refractivity contribution in [1.29, 1.82) is 0 Å². The maximum atomic E-state index is 11.8. The molecule has 162 valence electrons. The van der Waals surface area contributed by atoms with E-state index in [1.54, 1.807) is 0 Å². The average Bonchev–Trinajstić information content (AvgIpc) is 2.67. The summed E-state index contributed by atoms with van der Waals surface area (Å²) in [7, 11) is 0. The number of unbranched alkanes of at least 4 members (excludes halogenated alkanes) is 2. The third-order valence-electron chi connectivity index (χ3n) is 4.24. The second-order valence-electron chi connectivity index (χ2n) is 6.86. The summed E-state index contributed by atoms with van der Waals surface area (Å²) >= 11 is 0. The Bertz CT molecular complexity index is 412. The number of hydrogen-bond donors (Lipinski definition) is 3. The molecule has 0 aromatic carbocycles. The van der Waals surface area contributed by atoms with Gasteiger partial charge in [0.2, 0.25) is 11.8 Å². The van der Waals surface area contributed by atoms with Crippen LogP contribution in [0.4, 0.5) is 0 Å². The van der Waals surface area contributed by atoms with Crippen LogP contribution in [0.25, 0.3) is 0 Å². The molecule has 0 aliphatic rings. The lowest BCUT2D eigenvalue weighted by molar-refractivity contribution is -0.121. The average molecular weight is 396 g/mol. The molecule has 0 aromatic heterocycles. The quantitative estimate of drug-likeness (QED) is 0.312. The molecular weight excluding hydrogens is 354 g/mol. The summed E-state index contributed by atoms with van der Waals surface area (Å²) in [6.07, 6.45) is 15.3. The van der Waals surface area contributed by atoms with Gasteiger partial charge in [-0.25, -0.2) is 0 Å². The van der Waals surface area contributed by atoms with Crippen molar-refractivity contribution in [2.75, 3.05) is 39.3 Å². The lowest BCUT2D eigenvalue weighted by atomic mass is 10.2. The van der Waals surface area contributed by atoms with Gasteiger partial charge in [0.05, 0.1) is 6.61 Å². The highest BCUT2D eigenvalue weighted by atomic mass is 16.3. The SMILES string of the molecule is CCC/C=C/CCC(=O)NCCN(CCO)CCNC(=O)CC/C=C/CCC. The van der Waals surface area contributed by atoms with Crippen LogP contribution >= 0.6 is 0 Å². The molecular formula is C22H41N3O3. The van der Waals surface area contributed by atoms with Gasteiger partial charge >= 0.3 is 0 Å². The van der Waals surface area contributed by atoms with Gasteiger partial charge in [-0.2, -0.15) is 0 Å². The van der Waals surface area contributed by atoms with Gasteiger partial charge in [0.25, 0.3) is 0 Å². The Kier molecular flexibility index (Phi) is 18.9. The fourth-order valence-electron chi connectivity index (χ4n) is 2.59. The Morgan fingerprint density at radius 2 is 1.18 bits per heavy atom. The Labute approximate surface area is 171 Å².